The summed E-state index contributed by atoms with van der Waals surface area (Å²) in [5.41, 5.74) is 0. The highest BCUT2D eigenvalue weighted by Crippen LogP contribution is 2.24. The summed E-state index contributed by atoms with van der Waals surface area (Å²) in [5.74, 6) is 0.515. The molecule has 9 heteroatoms. The molecule has 0 aliphatic carbocycles. The minimum atomic E-state index is -2.88. The van der Waals surface area contributed by atoms with Crippen molar-refractivity contribution in [3.63, 3.8) is 0 Å². The zero-order chi connectivity index (χ0) is 13.9. The van der Waals surface area contributed by atoms with E-state index in [1.807, 2.05) is 6.92 Å². The summed E-state index contributed by atoms with van der Waals surface area (Å²) in [6, 6.07) is 0. The number of aryl methyl sites for hydroxylation is 1. The summed E-state index contributed by atoms with van der Waals surface area (Å²) in [6.07, 6.45) is 1.43. The fourth-order valence-electron chi connectivity index (χ4n) is 1.69. The van der Waals surface area contributed by atoms with Gasteiger partial charge in [0, 0.05) is 5.25 Å². The highest BCUT2D eigenvalue weighted by atomic mass is 32.2. The minimum Gasteiger partial charge on any atom is -0.300 e. The van der Waals surface area contributed by atoms with Crippen LogP contribution < -0.4 is 5.32 Å². The molecule has 0 aromatic carbocycles. The Kier molecular flexibility index (Phi) is 4.80. The van der Waals surface area contributed by atoms with E-state index in [0.29, 0.717) is 11.6 Å². The zero-order valence-electron chi connectivity index (χ0n) is 10.5. The number of hydrogen-bond donors (Lipinski definition) is 1. The molecular formula is C10H15N3O3S3. The van der Waals surface area contributed by atoms with Crippen molar-refractivity contribution in [1.29, 1.82) is 0 Å². The Morgan fingerprint density at radius 2 is 2.32 bits per heavy atom. The second-order valence-corrected chi connectivity index (χ2v) is 8.82. The molecule has 0 radical (unpaired) electrons. The second kappa shape index (κ2) is 6.19. The van der Waals surface area contributed by atoms with Gasteiger partial charge < -0.3 is 0 Å². The van der Waals surface area contributed by atoms with Crippen LogP contribution in [0.1, 0.15) is 18.4 Å². The van der Waals surface area contributed by atoms with Crippen LogP contribution in [0.15, 0.2) is 0 Å². The topological polar surface area (TPSA) is 89.0 Å². The van der Waals surface area contributed by atoms with Crippen molar-refractivity contribution >= 4 is 44.0 Å². The van der Waals surface area contributed by atoms with Gasteiger partial charge in [0.15, 0.2) is 9.84 Å². The van der Waals surface area contributed by atoms with Crippen LogP contribution >= 0.6 is 23.1 Å². The molecule has 19 heavy (non-hydrogen) atoms. The number of hydrogen-bond acceptors (Lipinski definition) is 7. The Morgan fingerprint density at radius 1 is 1.53 bits per heavy atom. The molecule has 0 unspecified atom stereocenters. The van der Waals surface area contributed by atoms with E-state index in [4.69, 9.17) is 0 Å². The molecule has 0 saturated carbocycles. The summed E-state index contributed by atoms with van der Waals surface area (Å²) < 4.78 is 22.6. The fraction of sp³-hybridized carbons (Fsp3) is 0.700. The van der Waals surface area contributed by atoms with E-state index < -0.39 is 9.84 Å². The van der Waals surface area contributed by atoms with Crippen molar-refractivity contribution in [2.75, 3.05) is 22.6 Å². The predicted octanol–water partition coefficient (Wildman–Crippen LogP) is 0.959. The molecule has 6 nitrogen and oxygen atoms in total. The van der Waals surface area contributed by atoms with Crippen molar-refractivity contribution in [3.05, 3.63) is 5.01 Å². The summed E-state index contributed by atoms with van der Waals surface area (Å²) >= 11 is 2.75. The first kappa shape index (κ1) is 14.7. The molecule has 1 aliphatic rings. The number of amides is 1. The first-order chi connectivity index (χ1) is 8.98. The van der Waals surface area contributed by atoms with Crippen LogP contribution in [0.3, 0.4) is 0 Å². The molecule has 2 rings (SSSR count). The van der Waals surface area contributed by atoms with Crippen LogP contribution in [-0.2, 0) is 21.1 Å². The molecule has 1 amide bonds. The van der Waals surface area contributed by atoms with Gasteiger partial charge in [-0.25, -0.2) is 8.42 Å². The Hall–Kier alpha value is -0.670. The standard InChI is InChI=1S/C10H15N3O3S3/c1-2-9-12-13-10(18-9)11-8(14)5-17-7-3-4-19(15,16)6-7/h7H,2-6H2,1H3,(H,11,13,14)/t7-/m1/s1. The number of sulfone groups is 1. The lowest BCUT2D eigenvalue weighted by molar-refractivity contribution is -0.113. The lowest BCUT2D eigenvalue weighted by Gasteiger charge is -2.06. The van der Waals surface area contributed by atoms with Gasteiger partial charge in [0.1, 0.15) is 5.01 Å². The van der Waals surface area contributed by atoms with Crippen LogP contribution in [0.5, 0.6) is 0 Å². The summed E-state index contributed by atoms with van der Waals surface area (Å²) in [4.78, 5) is 11.7. The molecule has 106 valence electrons. The Morgan fingerprint density at radius 3 is 2.89 bits per heavy atom. The normalized spacial score (nSPS) is 21.4. The molecule has 1 aliphatic heterocycles. The third-order valence-corrected chi connectivity index (χ3v) is 6.92. The van der Waals surface area contributed by atoms with Gasteiger partial charge in [-0.3, -0.25) is 10.1 Å². The number of aromatic nitrogens is 2. The van der Waals surface area contributed by atoms with Crippen LogP contribution in [0.25, 0.3) is 0 Å². The van der Waals surface area contributed by atoms with Crippen molar-refractivity contribution in [2.24, 2.45) is 0 Å². The molecular weight excluding hydrogens is 306 g/mol. The van der Waals surface area contributed by atoms with Gasteiger partial charge in [0.2, 0.25) is 11.0 Å². The van der Waals surface area contributed by atoms with E-state index in [1.165, 1.54) is 23.1 Å². The molecule has 1 saturated heterocycles. The molecule has 1 aromatic rings. The van der Waals surface area contributed by atoms with Gasteiger partial charge in [0.05, 0.1) is 17.3 Å². The number of rotatable bonds is 5. The molecule has 1 N–H and O–H groups in total. The van der Waals surface area contributed by atoms with Crippen molar-refractivity contribution in [3.8, 4) is 0 Å². The van der Waals surface area contributed by atoms with Crippen LogP contribution in [0, 0.1) is 0 Å². The number of nitrogens with zero attached hydrogens (tertiary/aromatic N) is 2. The monoisotopic (exact) mass is 321 g/mol. The third kappa shape index (κ3) is 4.43. The molecule has 0 bridgehead atoms. The largest absolute Gasteiger partial charge is 0.300 e. The van der Waals surface area contributed by atoms with E-state index in [-0.39, 0.29) is 28.4 Å². The highest BCUT2D eigenvalue weighted by molar-refractivity contribution is 8.02. The average Bonchev–Trinajstić information content (AvgIpc) is 2.93. The first-order valence-corrected chi connectivity index (χ1v) is 9.61. The summed E-state index contributed by atoms with van der Waals surface area (Å²) in [6.45, 7) is 1.97. The maximum absolute atomic E-state index is 11.7. The Labute approximate surface area is 120 Å². The van der Waals surface area contributed by atoms with Crippen molar-refractivity contribution in [1.82, 2.24) is 10.2 Å². The molecule has 1 aromatic heterocycles. The highest BCUT2D eigenvalue weighted by Gasteiger charge is 2.28. The van der Waals surface area contributed by atoms with E-state index in [1.54, 1.807) is 0 Å². The Bertz CT molecular complexity index is 555. The lowest BCUT2D eigenvalue weighted by Crippen LogP contribution is -2.17. The maximum atomic E-state index is 11.7. The van der Waals surface area contributed by atoms with E-state index in [2.05, 4.69) is 15.5 Å². The summed E-state index contributed by atoms with van der Waals surface area (Å²) in [7, 11) is -2.88. The van der Waals surface area contributed by atoms with Crippen molar-refractivity contribution in [2.45, 2.75) is 25.0 Å². The van der Waals surface area contributed by atoms with Gasteiger partial charge in [0.25, 0.3) is 0 Å². The number of carbonyl (C=O) groups excluding carboxylic acids is 1. The minimum absolute atomic E-state index is 0.0383. The zero-order valence-corrected chi connectivity index (χ0v) is 12.9. The van der Waals surface area contributed by atoms with Gasteiger partial charge >= 0.3 is 0 Å². The predicted molar refractivity (Wildman–Crippen MR) is 77.4 cm³/mol. The molecule has 2 heterocycles. The Balaban J connectivity index is 1.76. The number of nitrogens with one attached hydrogen (secondary N) is 1. The maximum Gasteiger partial charge on any atom is 0.236 e. The quantitative estimate of drug-likeness (QED) is 0.869. The number of carbonyl (C=O) groups is 1. The van der Waals surface area contributed by atoms with Gasteiger partial charge in [-0.2, -0.15) is 0 Å². The fourth-order valence-corrected chi connectivity index (χ4v) is 5.83. The SMILES string of the molecule is CCc1nnc(NC(=O)CS[C@@H]2CCS(=O)(=O)C2)s1. The van der Waals surface area contributed by atoms with Crippen LogP contribution in [0.2, 0.25) is 0 Å². The van der Waals surface area contributed by atoms with E-state index in [0.717, 1.165) is 11.4 Å². The second-order valence-electron chi connectivity index (χ2n) is 4.24. The molecule has 1 fully saturated rings. The van der Waals surface area contributed by atoms with Gasteiger partial charge in [-0.15, -0.1) is 22.0 Å². The average molecular weight is 321 g/mol. The summed E-state index contributed by atoms with van der Waals surface area (Å²) in [5, 5.41) is 11.9. The third-order valence-electron chi connectivity index (χ3n) is 2.66. The molecule has 0 spiro atoms. The van der Waals surface area contributed by atoms with Crippen molar-refractivity contribution < 1.29 is 13.2 Å². The lowest BCUT2D eigenvalue weighted by atomic mass is 10.4. The van der Waals surface area contributed by atoms with E-state index in [9.17, 15) is 13.2 Å². The van der Waals surface area contributed by atoms with Gasteiger partial charge in [-0.05, 0) is 12.8 Å². The molecule has 1 atom stereocenters. The van der Waals surface area contributed by atoms with Crippen LogP contribution in [-0.4, -0.2) is 47.0 Å². The number of thioether (sulfide) groups is 1. The van der Waals surface area contributed by atoms with E-state index >= 15 is 0 Å². The number of anilines is 1. The van der Waals surface area contributed by atoms with Crippen LogP contribution in [0.4, 0.5) is 5.13 Å². The first-order valence-electron chi connectivity index (χ1n) is 5.93. The smallest absolute Gasteiger partial charge is 0.236 e. The van der Waals surface area contributed by atoms with Gasteiger partial charge in [-0.1, -0.05) is 18.3 Å².